The van der Waals surface area contributed by atoms with Gasteiger partial charge in [-0.05, 0) is 68.1 Å². The van der Waals surface area contributed by atoms with Gasteiger partial charge in [0.05, 0.1) is 6.10 Å². The molecule has 0 heterocycles. The number of ketones is 1. The summed E-state index contributed by atoms with van der Waals surface area (Å²) >= 11 is 0. The molecule has 6 heteroatoms. The molecule has 0 aliphatic heterocycles. The van der Waals surface area contributed by atoms with E-state index in [0.717, 1.165) is 25.7 Å². The molecule has 0 spiro atoms. The fraction of sp³-hybridized carbons (Fsp3) is 0.842. The lowest BCUT2D eigenvalue weighted by Gasteiger charge is -2.56. The molecule has 4 aliphatic rings. The van der Waals surface area contributed by atoms with Gasteiger partial charge in [0.15, 0.2) is 0 Å². The van der Waals surface area contributed by atoms with Crippen LogP contribution in [0, 0.1) is 28.6 Å². The third kappa shape index (κ3) is 2.72. The van der Waals surface area contributed by atoms with E-state index in [-0.39, 0.29) is 23.0 Å². The van der Waals surface area contributed by atoms with Crippen LogP contribution < -0.4 is 0 Å². The molecular weight excluding hydrogens is 340 g/mol. The van der Waals surface area contributed by atoms with E-state index in [1.54, 1.807) is 0 Å². The average Bonchev–Trinajstić information content (AvgIpc) is 2.73. The number of hydrogen-bond donors (Lipinski definition) is 1. The summed E-state index contributed by atoms with van der Waals surface area (Å²) in [5.41, 5.74) is 0.568. The molecule has 0 radical (unpaired) electrons. The Hall–Kier alpha value is -0.720. The average molecular weight is 371 g/mol. The highest BCUT2D eigenvalue weighted by molar-refractivity contribution is 7.80. The van der Waals surface area contributed by atoms with Gasteiger partial charge in [-0.3, -0.25) is 9.35 Å². The van der Waals surface area contributed by atoms with E-state index in [1.807, 2.05) is 6.92 Å². The SMILES string of the molecule is [2H]C1([2H])C[C@H]2[C@@H]3CC=C4C[C@@H](OS(=O)(=O)O)CC[C@]4(C)[C@H]3CC[C@]2(C)C1=O. The van der Waals surface area contributed by atoms with Gasteiger partial charge in [0.25, 0.3) is 0 Å². The number of Topliss-reactive ketones (excluding diaryl/α,β-unsaturated/α-hetero) is 1. The number of carbonyl (C=O) groups excluding carboxylic acids is 1. The van der Waals surface area contributed by atoms with E-state index >= 15 is 0 Å². The summed E-state index contributed by atoms with van der Waals surface area (Å²) in [4.78, 5) is 12.7. The molecule has 0 unspecified atom stereocenters. The second-order valence-corrected chi connectivity index (χ2v) is 9.86. The summed E-state index contributed by atoms with van der Waals surface area (Å²) in [6.45, 7) is 4.19. The van der Waals surface area contributed by atoms with Crippen LogP contribution in [-0.2, 0) is 19.4 Å². The zero-order valence-corrected chi connectivity index (χ0v) is 15.6. The maximum Gasteiger partial charge on any atom is 0.397 e. The fourth-order valence-electron chi connectivity index (χ4n) is 6.26. The van der Waals surface area contributed by atoms with Crippen molar-refractivity contribution in [2.45, 2.75) is 71.3 Å². The van der Waals surface area contributed by atoms with E-state index in [2.05, 4.69) is 13.0 Å². The maximum atomic E-state index is 12.7. The van der Waals surface area contributed by atoms with Crippen LogP contribution in [0.15, 0.2) is 11.6 Å². The Labute approximate surface area is 153 Å². The number of hydrogen-bond acceptors (Lipinski definition) is 4. The van der Waals surface area contributed by atoms with Crippen LogP contribution in [0.1, 0.15) is 67.9 Å². The van der Waals surface area contributed by atoms with Gasteiger partial charge >= 0.3 is 10.4 Å². The van der Waals surface area contributed by atoms with Crippen LogP contribution in [0.5, 0.6) is 0 Å². The quantitative estimate of drug-likeness (QED) is 0.592. The molecule has 0 bridgehead atoms. The topological polar surface area (TPSA) is 80.7 Å². The highest BCUT2D eigenvalue weighted by Crippen LogP contribution is 2.64. The second kappa shape index (κ2) is 5.64. The van der Waals surface area contributed by atoms with Gasteiger partial charge < -0.3 is 0 Å². The Kier molecular flexibility index (Phi) is 3.46. The third-order valence-corrected chi connectivity index (χ3v) is 8.22. The lowest BCUT2D eigenvalue weighted by atomic mass is 9.48. The summed E-state index contributed by atoms with van der Waals surface area (Å²) in [6, 6.07) is 0. The van der Waals surface area contributed by atoms with E-state index in [1.165, 1.54) is 5.57 Å². The standard InChI is InChI=1S/C19H28O5S/c1-18-9-7-13(24-25(21,22)23)11-12(18)3-4-14-15-5-6-17(20)19(15,2)10-8-16(14)18/h3,13-16H,4-11H2,1-2H3,(H,21,22,23)/t13-,14-,15-,16-,18-,19-/m0/s1/i6D2. The van der Waals surface area contributed by atoms with Crippen LogP contribution in [0.2, 0.25) is 0 Å². The normalized spacial score (nSPS) is 50.0. The van der Waals surface area contributed by atoms with Crippen molar-refractivity contribution in [2.75, 3.05) is 0 Å². The zero-order chi connectivity index (χ0) is 19.8. The Morgan fingerprint density at radius 1 is 1.20 bits per heavy atom. The maximum absolute atomic E-state index is 12.7. The Morgan fingerprint density at radius 3 is 2.60 bits per heavy atom. The highest BCUT2D eigenvalue weighted by atomic mass is 32.3. The summed E-state index contributed by atoms with van der Waals surface area (Å²) in [6.07, 6.45) is 4.53. The van der Waals surface area contributed by atoms with Gasteiger partial charge in [-0.15, -0.1) is 0 Å². The predicted molar refractivity (Wildman–Crippen MR) is 93.1 cm³/mol. The predicted octanol–water partition coefficient (Wildman–Crippen LogP) is 3.71. The molecule has 0 aromatic carbocycles. The first-order valence-corrected chi connectivity index (χ1v) is 10.6. The molecule has 25 heavy (non-hydrogen) atoms. The molecule has 6 atom stereocenters. The van der Waals surface area contributed by atoms with Crippen molar-refractivity contribution in [1.29, 1.82) is 0 Å². The number of fused-ring (bicyclic) bond motifs is 5. The summed E-state index contributed by atoms with van der Waals surface area (Å²) < 4.78 is 52.3. The van der Waals surface area contributed by atoms with Crippen molar-refractivity contribution >= 4 is 16.2 Å². The summed E-state index contributed by atoms with van der Waals surface area (Å²) in [5, 5.41) is 0. The molecule has 5 nitrogen and oxygen atoms in total. The van der Waals surface area contributed by atoms with Crippen molar-refractivity contribution in [3.05, 3.63) is 11.6 Å². The zero-order valence-electron chi connectivity index (χ0n) is 16.8. The molecule has 0 aromatic heterocycles. The van der Waals surface area contributed by atoms with Crippen LogP contribution in [0.3, 0.4) is 0 Å². The number of rotatable bonds is 2. The number of carbonyl (C=O) groups is 1. The first kappa shape index (κ1) is 15.3. The lowest BCUT2D eigenvalue weighted by Crippen LogP contribution is -2.50. The van der Waals surface area contributed by atoms with Crippen molar-refractivity contribution < 1.29 is 24.7 Å². The van der Waals surface area contributed by atoms with Crippen LogP contribution in [-0.4, -0.2) is 24.9 Å². The Balaban J connectivity index is 1.62. The van der Waals surface area contributed by atoms with Crippen molar-refractivity contribution in [2.24, 2.45) is 28.6 Å². The third-order valence-electron chi connectivity index (χ3n) is 7.71. The first-order chi connectivity index (χ1) is 12.4. The number of allylic oxidation sites excluding steroid dienone is 1. The first-order valence-electron chi connectivity index (χ1n) is 10.3. The van der Waals surface area contributed by atoms with Gasteiger partial charge in [-0.25, -0.2) is 4.18 Å². The molecule has 3 fully saturated rings. The van der Waals surface area contributed by atoms with E-state index < -0.39 is 28.3 Å². The molecule has 3 saturated carbocycles. The van der Waals surface area contributed by atoms with E-state index in [4.69, 9.17) is 11.5 Å². The molecule has 0 saturated heterocycles. The molecule has 4 aliphatic carbocycles. The van der Waals surface area contributed by atoms with Crippen molar-refractivity contribution in [1.82, 2.24) is 0 Å². The molecule has 0 aromatic rings. The van der Waals surface area contributed by atoms with Gasteiger partial charge in [-0.2, -0.15) is 8.42 Å². The van der Waals surface area contributed by atoms with Crippen LogP contribution >= 0.6 is 0 Å². The van der Waals surface area contributed by atoms with Crippen LogP contribution in [0.4, 0.5) is 0 Å². The molecule has 0 amide bonds. The van der Waals surface area contributed by atoms with Gasteiger partial charge in [0.2, 0.25) is 0 Å². The molecule has 140 valence electrons. The van der Waals surface area contributed by atoms with Crippen LogP contribution in [0.25, 0.3) is 0 Å². The highest BCUT2D eigenvalue weighted by Gasteiger charge is 2.58. The van der Waals surface area contributed by atoms with E-state index in [9.17, 15) is 13.2 Å². The monoisotopic (exact) mass is 370 g/mol. The molecule has 4 rings (SSSR count). The fourth-order valence-corrected chi connectivity index (χ4v) is 6.77. The van der Waals surface area contributed by atoms with Gasteiger partial charge in [0, 0.05) is 14.5 Å². The second-order valence-electron chi connectivity index (χ2n) is 8.81. The summed E-state index contributed by atoms with van der Waals surface area (Å²) in [5.74, 6) is 0.519. The summed E-state index contributed by atoms with van der Waals surface area (Å²) in [7, 11) is -4.45. The largest absolute Gasteiger partial charge is 0.397 e. The minimum Gasteiger partial charge on any atom is -0.299 e. The van der Waals surface area contributed by atoms with Gasteiger partial charge in [0.1, 0.15) is 5.78 Å². The molecule has 1 N–H and O–H groups in total. The Morgan fingerprint density at radius 2 is 1.88 bits per heavy atom. The smallest absolute Gasteiger partial charge is 0.299 e. The van der Waals surface area contributed by atoms with Crippen molar-refractivity contribution in [3.8, 4) is 0 Å². The van der Waals surface area contributed by atoms with Gasteiger partial charge in [-0.1, -0.05) is 25.5 Å². The minimum absolute atomic E-state index is 0.0678. The molecular formula is C19H28O5S. The Bertz CT molecular complexity index is 807. The van der Waals surface area contributed by atoms with Crippen molar-refractivity contribution in [3.63, 3.8) is 0 Å². The minimum atomic E-state index is -4.45. The van der Waals surface area contributed by atoms with E-state index in [0.29, 0.717) is 25.2 Å². The lowest BCUT2D eigenvalue weighted by molar-refractivity contribution is -0.131.